The summed E-state index contributed by atoms with van der Waals surface area (Å²) in [6.07, 6.45) is 2.06. The molecule has 5 nitrogen and oxygen atoms in total. The lowest BCUT2D eigenvalue weighted by molar-refractivity contribution is -0.118. The van der Waals surface area contributed by atoms with Crippen molar-refractivity contribution in [1.29, 1.82) is 0 Å². The molecule has 1 aromatic carbocycles. The molecule has 1 aliphatic heterocycles. The zero-order valence-electron chi connectivity index (χ0n) is 11.3. The number of benzene rings is 1. The van der Waals surface area contributed by atoms with Gasteiger partial charge in [0.1, 0.15) is 5.76 Å². The third-order valence-electron chi connectivity index (χ3n) is 3.41. The largest absolute Gasteiger partial charge is 0.478 e. The number of rotatable bonds is 3. The van der Waals surface area contributed by atoms with Gasteiger partial charge in [-0.3, -0.25) is 4.79 Å². The molecule has 2 heterocycles. The van der Waals surface area contributed by atoms with E-state index in [0.29, 0.717) is 6.42 Å². The summed E-state index contributed by atoms with van der Waals surface area (Å²) in [6.45, 7) is 0. The molecule has 0 fully saturated rings. The molecule has 1 N–H and O–H groups in total. The number of aromatic carboxylic acids is 1. The van der Waals surface area contributed by atoms with Gasteiger partial charge in [-0.2, -0.15) is 0 Å². The van der Waals surface area contributed by atoms with Crippen LogP contribution in [0.5, 0.6) is 0 Å². The number of carbonyl (C=O) groups is 2. The van der Waals surface area contributed by atoms with Crippen LogP contribution in [-0.4, -0.2) is 29.3 Å². The first kappa shape index (κ1) is 13.8. The Labute approximate surface area is 125 Å². The van der Waals surface area contributed by atoms with Crippen molar-refractivity contribution < 1.29 is 19.1 Å². The van der Waals surface area contributed by atoms with Crippen LogP contribution in [0.4, 0.5) is 5.69 Å². The van der Waals surface area contributed by atoms with Crippen molar-refractivity contribution in [3.05, 3.63) is 47.9 Å². The van der Waals surface area contributed by atoms with Crippen LogP contribution in [0.1, 0.15) is 16.1 Å². The van der Waals surface area contributed by atoms with Crippen LogP contribution in [0.2, 0.25) is 0 Å². The van der Waals surface area contributed by atoms with Crippen molar-refractivity contribution in [1.82, 2.24) is 0 Å². The summed E-state index contributed by atoms with van der Waals surface area (Å²) in [5, 5.41) is 8.77. The average molecular weight is 303 g/mol. The van der Waals surface area contributed by atoms with Crippen LogP contribution in [0, 0.1) is 0 Å². The van der Waals surface area contributed by atoms with Crippen molar-refractivity contribution in [3.8, 4) is 0 Å². The smallest absolute Gasteiger partial charge is 0.335 e. The number of thioether (sulfide) groups is 1. The Bertz CT molecular complexity index is 696. The minimum atomic E-state index is -0.972. The predicted molar refractivity (Wildman–Crippen MR) is 78.9 cm³/mol. The maximum Gasteiger partial charge on any atom is 0.335 e. The van der Waals surface area contributed by atoms with E-state index >= 15 is 0 Å². The minimum Gasteiger partial charge on any atom is -0.478 e. The molecule has 1 atom stereocenters. The van der Waals surface area contributed by atoms with Crippen LogP contribution in [0.15, 0.2) is 45.9 Å². The third kappa shape index (κ3) is 2.54. The zero-order chi connectivity index (χ0) is 15.0. The van der Waals surface area contributed by atoms with Crippen molar-refractivity contribution >= 4 is 29.3 Å². The van der Waals surface area contributed by atoms with Crippen molar-refractivity contribution in [2.24, 2.45) is 0 Å². The van der Waals surface area contributed by atoms with Gasteiger partial charge in [0, 0.05) is 18.4 Å². The number of amides is 1. The molecule has 2 aromatic rings. The summed E-state index contributed by atoms with van der Waals surface area (Å²) in [7, 11) is 1.70. The highest BCUT2D eigenvalue weighted by Crippen LogP contribution is 2.40. The van der Waals surface area contributed by atoms with Gasteiger partial charge >= 0.3 is 5.97 Å². The Balaban J connectivity index is 1.92. The Morgan fingerprint density at radius 3 is 2.90 bits per heavy atom. The second-order valence-corrected chi connectivity index (χ2v) is 6.02. The summed E-state index contributed by atoms with van der Waals surface area (Å²) in [6, 6.07) is 8.41. The predicted octanol–water partition coefficient (Wildman–Crippen LogP) is 2.66. The number of carbonyl (C=O) groups excluding carboxylic acids is 1. The molecule has 1 aliphatic rings. The van der Waals surface area contributed by atoms with E-state index in [1.807, 2.05) is 6.07 Å². The molecule has 0 saturated heterocycles. The van der Waals surface area contributed by atoms with Gasteiger partial charge in [0.25, 0.3) is 0 Å². The Morgan fingerprint density at radius 1 is 1.43 bits per heavy atom. The number of carboxylic acid groups (broad SMARTS) is 1. The van der Waals surface area contributed by atoms with Crippen molar-refractivity contribution in [3.63, 3.8) is 0 Å². The molecule has 1 unspecified atom stereocenters. The molecule has 6 heteroatoms. The van der Waals surface area contributed by atoms with Crippen molar-refractivity contribution in [2.45, 2.75) is 16.6 Å². The monoisotopic (exact) mass is 303 g/mol. The summed E-state index contributed by atoms with van der Waals surface area (Å²) in [5.74, 6) is -0.236. The first-order chi connectivity index (χ1) is 10.1. The first-order valence-electron chi connectivity index (χ1n) is 6.40. The molecular weight excluding hydrogens is 290 g/mol. The van der Waals surface area contributed by atoms with E-state index in [1.165, 1.54) is 17.8 Å². The van der Waals surface area contributed by atoms with Crippen LogP contribution in [0.25, 0.3) is 0 Å². The Morgan fingerprint density at radius 2 is 2.24 bits per heavy atom. The molecular formula is C15H13NO4S. The maximum atomic E-state index is 12.4. The minimum absolute atomic E-state index is 0.00743. The van der Waals surface area contributed by atoms with E-state index in [4.69, 9.17) is 9.52 Å². The number of hydrogen-bond acceptors (Lipinski definition) is 4. The number of carboxylic acids is 1. The van der Waals surface area contributed by atoms with Crippen molar-refractivity contribution in [2.75, 3.05) is 11.9 Å². The molecule has 108 valence electrons. The van der Waals surface area contributed by atoms with Gasteiger partial charge in [0.15, 0.2) is 0 Å². The van der Waals surface area contributed by atoms with E-state index in [2.05, 4.69) is 0 Å². The van der Waals surface area contributed by atoms with E-state index in [0.717, 1.165) is 16.3 Å². The van der Waals surface area contributed by atoms with E-state index < -0.39 is 5.97 Å². The molecule has 0 aliphatic carbocycles. The lowest BCUT2D eigenvalue weighted by Crippen LogP contribution is -2.39. The molecule has 0 saturated carbocycles. The van der Waals surface area contributed by atoms with Gasteiger partial charge < -0.3 is 14.4 Å². The van der Waals surface area contributed by atoms with Crippen LogP contribution >= 0.6 is 11.8 Å². The SMILES string of the molecule is CN1C(=O)C(Cc2ccco2)Sc2cc(C(=O)O)ccc21. The zero-order valence-corrected chi connectivity index (χ0v) is 12.1. The fourth-order valence-electron chi connectivity index (χ4n) is 2.30. The standard InChI is InChI=1S/C15H13NO4S/c1-16-11-5-4-9(15(18)19)7-12(11)21-13(14(16)17)8-10-3-2-6-20-10/h2-7,13H,8H2,1H3,(H,18,19). The number of nitrogens with zero attached hydrogens (tertiary/aromatic N) is 1. The van der Waals surface area contributed by atoms with E-state index in [1.54, 1.807) is 36.4 Å². The maximum absolute atomic E-state index is 12.4. The van der Waals surface area contributed by atoms with E-state index in [-0.39, 0.29) is 16.7 Å². The van der Waals surface area contributed by atoms with Gasteiger partial charge in [-0.25, -0.2) is 4.79 Å². The molecule has 0 spiro atoms. The molecule has 1 amide bonds. The Kier molecular flexibility index (Phi) is 3.47. The molecule has 21 heavy (non-hydrogen) atoms. The number of furan rings is 1. The lowest BCUT2D eigenvalue weighted by Gasteiger charge is -2.30. The number of hydrogen-bond donors (Lipinski definition) is 1. The molecule has 0 bridgehead atoms. The van der Waals surface area contributed by atoms with Crippen LogP contribution in [-0.2, 0) is 11.2 Å². The van der Waals surface area contributed by atoms with Crippen LogP contribution < -0.4 is 4.90 Å². The highest BCUT2D eigenvalue weighted by molar-refractivity contribution is 8.01. The summed E-state index contributed by atoms with van der Waals surface area (Å²) in [5.41, 5.74) is 0.964. The molecule has 3 rings (SSSR count). The average Bonchev–Trinajstić information content (AvgIpc) is 2.97. The summed E-state index contributed by atoms with van der Waals surface area (Å²) in [4.78, 5) is 25.8. The van der Waals surface area contributed by atoms with E-state index in [9.17, 15) is 9.59 Å². The van der Waals surface area contributed by atoms with Gasteiger partial charge in [-0.15, -0.1) is 11.8 Å². The second-order valence-electron chi connectivity index (χ2n) is 4.77. The molecule has 0 radical (unpaired) electrons. The third-order valence-corrected chi connectivity index (χ3v) is 4.64. The number of anilines is 1. The lowest BCUT2D eigenvalue weighted by atomic mass is 10.1. The fourth-order valence-corrected chi connectivity index (χ4v) is 3.63. The topological polar surface area (TPSA) is 70.8 Å². The summed E-state index contributed by atoms with van der Waals surface area (Å²) >= 11 is 1.38. The fraction of sp³-hybridized carbons (Fsp3) is 0.200. The van der Waals surface area contributed by atoms with Gasteiger partial charge in [-0.1, -0.05) is 0 Å². The Hall–Kier alpha value is -2.21. The van der Waals surface area contributed by atoms with Gasteiger partial charge in [0.2, 0.25) is 5.91 Å². The summed E-state index contributed by atoms with van der Waals surface area (Å²) < 4.78 is 5.29. The van der Waals surface area contributed by atoms with Gasteiger partial charge in [-0.05, 0) is 30.3 Å². The highest BCUT2D eigenvalue weighted by atomic mass is 32.2. The first-order valence-corrected chi connectivity index (χ1v) is 7.28. The highest BCUT2D eigenvalue weighted by Gasteiger charge is 2.32. The second kappa shape index (κ2) is 5.29. The quantitative estimate of drug-likeness (QED) is 0.944. The normalized spacial score (nSPS) is 17.7. The van der Waals surface area contributed by atoms with Crippen LogP contribution in [0.3, 0.4) is 0 Å². The molecule has 1 aromatic heterocycles. The van der Waals surface area contributed by atoms with Gasteiger partial charge in [0.05, 0.1) is 22.8 Å². The number of fused-ring (bicyclic) bond motifs is 1.